The molecule has 3 N–H and O–H groups in total. The van der Waals surface area contributed by atoms with Crippen LogP contribution in [0.15, 0.2) is 0 Å². The molecule has 0 saturated heterocycles. The summed E-state index contributed by atoms with van der Waals surface area (Å²) in [6.07, 6.45) is 40.6. The fraction of sp³-hybridized carbons (Fsp3) is 0.938. The molecule has 0 aliphatic heterocycles. The van der Waals surface area contributed by atoms with Gasteiger partial charge < -0.3 is 33.8 Å². The highest BCUT2D eigenvalue weighted by Crippen LogP contribution is 2.45. The molecule has 19 heteroatoms. The molecular formula is C65H126O17P2. The molecule has 0 bridgehead atoms. The minimum atomic E-state index is -4.94. The molecule has 498 valence electrons. The number of carbonyl (C=O) groups is 4. The van der Waals surface area contributed by atoms with Crippen molar-refractivity contribution in [1.82, 2.24) is 0 Å². The Labute approximate surface area is 511 Å². The van der Waals surface area contributed by atoms with Crippen LogP contribution in [-0.2, 0) is 65.4 Å². The van der Waals surface area contributed by atoms with Crippen LogP contribution in [0.1, 0.15) is 324 Å². The fourth-order valence-electron chi connectivity index (χ4n) is 9.68. The molecule has 6 atom stereocenters. The molecule has 0 aromatic rings. The number of esters is 4. The molecule has 0 aromatic carbocycles. The zero-order valence-corrected chi connectivity index (χ0v) is 56.0. The van der Waals surface area contributed by atoms with Crippen molar-refractivity contribution in [3.05, 3.63) is 0 Å². The van der Waals surface area contributed by atoms with Crippen molar-refractivity contribution in [1.29, 1.82) is 0 Å². The molecule has 3 unspecified atom stereocenters. The number of aliphatic hydroxyl groups excluding tert-OH is 1. The lowest BCUT2D eigenvalue weighted by Crippen LogP contribution is -2.30. The lowest BCUT2D eigenvalue weighted by molar-refractivity contribution is -0.161. The molecular weight excluding hydrogens is 1110 g/mol. The van der Waals surface area contributed by atoms with Crippen LogP contribution in [0.25, 0.3) is 0 Å². The Morgan fingerprint density at radius 1 is 0.345 bits per heavy atom. The maximum absolute atomic E-state index is 13.0. The number of rotatable bonds is 64. The van der Waals surface area contributed by atoms with Gasteiger partial charge in [-0.05, 0) is 37.5 Å². The van der Waals surface area contributed by atoms with Gasteiger partial charge in [-0.3, -0.25) is 37.3 Å². The fourth-order valence-corrected chi connectivity index (χ4v) is 11.3. The second-order valence-electron chi connectivity index (χ2n) is 24.2. The van der Waals surface area contributed by atoms with Crippen LogP contribution >= 0.6 is 15.6 Å². The van der Waals surface area contributed by atoms with Gasteiger partial charge in [0.1, 0.15) is 19.3 Å². The maximum atomic E-state index is 13.0. The molecule has 0 saturated carbocycles. The van der Waals surface area contributed by atoms with Crippen LogP contribution in [0.2, 0.25) is 0 Å². The van der Waals surface area contributed by atoms with Crippen LogP contribution in [0.3, 0.4) is 0 Å². The first-order chi connectivity index (χ1) is 40.4. The predicted molar refractivity (Wildman–Crippen MR) is 335 cm³/mol. The Balaban J connectivity index is 5.14. The van der Waals surface area contributed by atoms with E-state index in [4.69, 9.17) is 37.0 Å². The monoisotopic (exact) mass is 1240 g/mol. The van der Waals surface area contributed by atoms with Crippen LogP contribution in [0.5, 0.6) is 0 Å². The van der Waals surface area contributed by atoms with Gasteiger partial charge in [0.2, 0.25) is 0 Å². The maximum Gasteiger partial charge on any atom is 0.472 e. The van der Waals surface area contributed by atoms with Crippen molar-refractivity contribution < 1.29 is 80.2 Å². The molecule has 0 heterocycles. The third-order valence-corrected chi connectivity index (χ3v) is 17.2. The number of hydrogen-bond acceptors (Lipinski definition) is 15. The summed E-state index contributed by atoms with van der Waals surface area (Å²) in [7, 11) is -9.88. The third kappa shape index (κ3) is 57.8. The van der Waals surface area contributed by atoms with E-state index in [0.29, 0.717) is 25.7 Å². The second kappa shape index (κ2) is 57.5. The summed E-state index contributed by atoms with van der Waals surface area (Å²) in [6, 6.07) is 0. The standard InChI is InChI=1S/C65H126O17P2/c1-7-10-12-14-16-29-37-43-49-64(69)81-60(53-75-62(67)47-41-35-27-15-13-11-8-2)55-79-83(71,72)77-51-59(66)52-78-84(73,74)80-56-61(54-76-63(68)48-42-36-32-31-34-40-46-58(6)9-3)82-65(70)50-44-38-30-26-24-22-20-18-17-19-21-23-25-28-33-39-45-57(4)5/h57-61,66H,7-56H2,1-6H3,(H,71,72)(H,73,74)/t58?,59-,60+,61+/m0/s1. The third-order valence-electron chi connectivity index (χ3n) is 15.3. The Bertz CT molecular complexity index is 1650. The van der Waals surface area contributed by atoms with Crippen LogP contribution in [0.4, 0.5) is 0 Å². The molecule has 0 aromatic heterocycles. The van der Waals surface area contributed by atoms with Gasteiger partial charge in [0.05, 0.1) is 26.4 Å². The Morgan fingerprint density at radius 2 is 0.607 bits per heavy atom. The number of carbonyl (C=O) groups excluding carboxylic acids is 4. The van der Waals surface area contributed by atoms with Gasteiger partial charge in [0.25, 0.3) is 0 Å². The topological polar surface area (TPSA) is 237 Å². The van der Waals surface area contributed by atoms with Crippen molar-refractivity contribution in [2.45, 2.75) is 342 Å². The lowest BCUT2D eigenvalue weighted by atomic mass is 10.00. The zero-order valence-electron chi connectivity index (χ0n) is 54.2. The summed E-state index contributed by atoms with van der Waals surface area (Å²) in [5, 5.41) is 10.5. The van der Waals surface area contributed by atoms with Gasteiger partial charge in [-0.2, -0.15) is 0 Å². The molecule has 0 amide bonds. The van der Waals surface area contributed by atoms with Gasteiger partial charge in [-0.25, -0.2) is 9.13 Å². The highest BCUT2D eigenvalue weighted by atomic mass is 31.2. The molecule has 0 radical (unpaired) electrons. The summed E-state index contributed by atoms with van der Waals surface area (Å²) in [4.78, 5) is 72.0. The molecule has 0 aliphatic rings. The average Bonchev–Trinajstić information content (AvgIpc) is 3.51. The number of ether oxygens (including phenoxy) is 4. The van der Waals surface area contributed by atoms with Crippen LogP contribution in [0, 0.1) is 11.8 Å². The van der Waals surface area contributed by atoms with Gasteiger partial charge in [0.15, 0.2) is 12.2 Å². The van der Waals surface area contributed by atoms with Crippen molar-refractivity contribution >= 4 is 39.5 Å². The smallest absolute Gasteiger partial charge is 0.462 e. The van der Waals surface area contributed by atoms with Gasteiger partial charge in [-0.1, -0.05) is 273 Å². The number of phosphoric ester groups is 2. The van der Waals surface area contributed by atoms with Gasteiger partial charge in [-0.15, -0.1) is 0 Å². The van der Waals surface area contributed by atoms with Crippen molar-refractivity contribution in [2.75, 3.05) is 39.6 Å². The highest BCUT2D eigenvalue weighted by molar-refractivity contribution is 7.47. The SMILES string of the molecule is CCCCCCCCCCC(=O)O[C@H](COC(=O)CCCCCCCCC)COP(=O)(O)OC[C@H](O)COP(=O)(O)OC[C@@H](COC(=O)CCCCCCCCC(C)CC)OC(=O)CCCCCCCCCCCCCCCCCCC(C)C. The first kappa shape index (κ1) is 82.1. The van der Waals surface area contributed by atoms with E-state index in [1.165, 1.54) is 116 Å². The number of unbranched alkanes of at least 4 members (excludes halogenated alkanes) is 33. The number of hydrogen-bond donors (Lipinski definition) is 3. The van der Waals surface area contributed by atoms with Crippen molar-refractivity contribution in [3.63, 3.8) is 0 Å². The molecule has 0 fully saturated rings. The van der Waals surface area contributed by atoms with Crippen molar-refractivity contribution in [3.8, 4) is 0 Å². The largest absolute Gasteiger partial charge is 0.472 e. The van der Waals surface area contributed by atoms with E-state index in [0.717, 1.165) is 127 Å². The van der Waals surface area contributed by atoms with Crippen LogP contribution in [-0.4, -0.2) is 96.7 Å². The predicted octanol–water partition coefficient (Wildman–Crippen LogP) is 18.0. The molecule has 0 rings (SSSR count). The highest BCUT2D eigenvalue weighted by Gasteiger charge is 2.30. The van der Waals surface area contributed by atoms with E-state index in [2.05, 4.69) is 41.5 Å². The van der Waals surface area contributed by atoms with Gasteiger partial charge in [0, 0.05) is 25.7 Å². The minimum absolute atomic E-state index is 0.104. The summed E-state index contributed by atoms with van der Waals surface area (Å²) >= 11 is 0. The molecule has 17 nitrogen and oxygen atoms in total. The normalized spacial score (nSPS) is 14.6. The average molecular weight is 1240 g/mol. The Morgan fingerprint density at radius 3 is 0.905 bits per heavy atom. The molecule has 0 spiro atoms. The first-order valence-corrected chi connectivity index (χ1v) is 37.0. The summed E-state index contributed by atoms with van der Waals surface area (Å²) < 4.78 is 67.8. The minimum Gasteiger partial charge on any atom is -0.462 e. The van der Waals surface area contributed by atoms with E-state index in [1.807, 2.05) is 0 Å². The second-order valence-corrected chi connectivity index (χ2v) is 27.1. The summed E-state index contributed by atoms with van der Waals surface area (Å²) in [6.45, 7) is 9.42. The lowest BCUT2D eigenvalue weighted by Gasteiger charge is -2.21. The van der Waals surface area contributed by atoms with E-state index >= 15 is 0 Å². The van der Waals surface area contributed by atoms with E-state index in [-0.39, 0.29) is 25.7 Å². The Hall–Kier alpha value is -1.94. The van der Waals surface area contributed by atoms with Crippen LogP contribution < -0.4 is 0 Å². The number of phosphoric acid groups is 2. The Kier molecular flexibility index (Phi) is 56.2. The zero-order chi connectivity index (χ0) is 62.2. The molecule has 84 heavy (non-hydrogen) atoms. The first-order valence-electron chi connectivity index (χ1n) is 34.0. The van der Waals surface area contributed by atoms with E-state index in [1.54, 1.807) is 0 Å². The summed E-state index contributed by atoms with van der Waals surface area (Å²) in [5.41, 5.74) is 0. The quantitative estimate of drug-likeness (QED) is 0.0222. The van der Waals surface area contributed by atoms with Crippen molar-refractivity contribution in [2.24, 2.45) is 11.8 Å². The molecule has 0 aliphatic carbocycles. The summed E-state index contributed by atoms with van der Waals surface area (Å²) in [5.74, 6) is -0.600. The van der Waals surface area contributed by atoms with Gasteiger partial charge >= 0.3 is 39.5 Å². The van der Waals surface area contributed by atoms with E-state index < -0.39 is 97.5 Å². The number of aliphatic hydroxyl groups is 1. The van der Waals surface area contributed by atoms with E-state index in [9.17, 15) is 43.2 Å².